The van der Waals surface area contributed by atoms with E-state index in [0.29, 0.717) is 5.92 Å². The second-order valence-electron chi connectivity index (χ2n) is 3.54. The lowest BCUT2D eigenvalue weighted by molar-refractivity contribution is 0.620. The lowest BCUT2D eigenvalue weighted by Crippen LogP contribution is -1.98. The fourth-order valence-corrected chi connectivity index (χ4v) is 1.51. The lowest BCUT2D eigenvalue weighted by Gasteiger charge is -2.04. The molecule has 0 bridgehead atoms. The first-order chi connectivity index (χ1) is 5.27. The smallest absolute Gasteiger partial charge is 0.0655 e. The first kappa shape index (κ1) is 6.89. The Balaban J connectivity index is 2.14. The molecule has 1 atom stereocenters. The van der Waals surface area contributed by atoms with Gasteiger partial charge in [0, 0.05) is 19.2 Å². The standard InChI is InChI=1S/C9H14N2/c1-7(8-3-4-8)9-5-6-11(2)10-9/h5-8H,3-4H2,1-2H3/t7-/m1/s1. The molecule has 0 aliphatic heterocycles. The SMILES string of the molecule is C[C@@H](c1ccn(C)n1)C1CC1. The molecule has 0 aromatic carbocycles. The van der Waals surface area contributed by atoms with Crippen LogP contribution in [0.1, 0.15) is 31.4 Å². The summed E-state index contributed by atoms with van der Waals surface area (Å²) < 4.78 is 1.88. The Morgan fingerprint density at radius 1 is 1.64 bits per heavy atom. The number of hydrogen-bond donors (Lipinski definition) is 0. The summed E-state index contributed by atoms with van der Waals surface area (Å²) in [4.78, 5) is 0. The molecule has 0 saturated heterocycles. The predicted octanol–water partition coefficient (Wildman–Crippen LogP) is 1.93. The van der Waals surface area contributed by atoms with Crippen molar-refractivity contribution >= 4 is 0 Å². The summed E-state index contributed by atoms with van der Waals surface area (Å²) in [6, 6.07) is 2.13. The summed E-state index contributed by atoms with van der Waals surface area (Å²) in [5, 5.41) is 4.39. The van der Waals surface area contributed by atoms with E-state index in [1.165, 1.54) is 18.5 Å². The zero-order valence-corrected chi connectivity index (χ0v) is 7.12. The molecule has 1 aromatic rings. The monoisotopic (exact) mass is 150 g/mol. The van der Waals surface area contributed by atoms with Gasteiger partial charge in [0.05, 0.1) is 5.69 Å². The highest BCUT2D eigenvalue weighted by atomic mass is 15.2. The van der Waals surface area contributed by atoms with Crippen molar-refractivity contribution in [2.45, 2.75) is 25.7 Å². The van der Waals surface area contributed by atoms with Gasteiger partial charge in [0.1, 0.15) is 0 Å². The molecule has 1 aromatic heterocycles. The quantitative estimate of drug-likeness (QED) is 0.630. The highest BCUT2D eigenvalue weighted by Crippen LogP contribution is 2.41. The average Bonchev–Trinajstić information content (AvgIpc) is 2.74. The van der Waals surface area contributed by atoms with Crippen molar-refractivity contribution in [3.63, 3.8) is 0 Å². The van der Waals surface area contributed by atoms with Gasteiger partial charge >= 0.3 is 0 Å². The first-order valence-electron chi connectivity index (χ1n) is 4.27. The number of aryl methyl sites for hydroxylation is 1. The van der Waals surface area contributed by atoms with Gasteiger partial charge in [0.2, 0.25) is 0 Å². The van der Waals surface area contributed by atoms with Gasteiger partial charge in [0.25, 0.3) is 0 Å². The minimum absolute atomic E-state index is 0.677. The third-order valence-electron chi connectivity index (χ3n) is 2.53. The van der Waals surface area contributed by atoms with Crippen LogP contribution in [0.2, 0.25) is 0 Å². The maximum atomic E-state index is 4.39. The highest BCUT2D eigenvalue weighted by Gasteiger charge is 2.29. The Morgan fingerprint density at radius 2 is 2.36 bits per heavy atom. The van der Waals surface area contributed by atoms with Gasteiger partial charge in [-0.1, -0.05) is 6.92 Å². The van der Waals surface area contributed by atoms with Crippen molar-refractivity contribution in [3.8, 4) is 0 Å². The highest BCUT2D eigenvalue weighted by molar-refractivity contribution is 5.09. The van der Waals surface area contributed by atoms with Crippen molar-refractivity contribution in [2.24, 2.45) is 13.0 Å². The Hall–Kier alpha value is -0.790. The number of nitrogens with zero attached hydrogens (tertiary/aromatic N) is 2. The van der Waals surface area contributed by atoms with E-state index in [0.717, 1.165) is 5.92 Å². The summed E-state index contributed by atoms with van der Waals surface area (Å²) in [7, 11) is 1.98. The van der Waals surface area contributed by atoms with E-state index in [1.807, 2.05) is 17.9 Å². The Morgan fingerprint density at radius 3 is 2.82 bits per heavy atom. The van der Waals surface area contributed by atoms with Gasteiger partial charge in [-0.05, 0) is 24.8 Å². The summed E-state index contributed by atoms with van der Waals surface area (Å²) in [6.45, 7) is 2.28. The molecule has 0 radical (unpaired) electrons. The fourth-order valence-electron chi connectivity index (χ4n) is 1.51. The third kappa shape index (κ3) is 1.30. The van der Waals surface area contributed by atoms with Crippen molar-refractivity contribution in [1.29, 1.82) is 0 Å². The van der Waals surface area contributed by atoms with Crippen LogP contribution in [0.15, 0.2) is 12.3 Å². The van der Waals surface area contributed by atoms with Gasteiger partial charge in [-0.2, -0.15) is 5.10 Å². The molecule has 1 fully saturated rings. The van der Waals surface area contributed by atoms with E-state index >= 15 is 0 Å². The van der Waals surface area contributed by atoms with Crippen LogP contribution in [-0.4, -0.2) is 9.78 Å². The van der Waals surface area contributed by atoms with Crippen LogP contribution in [0.4, 0.5) is 0 Å². The van der Waals surface area contributed by atoms with Crippen LogP contribution in [0.3, 0.4) is 0 Å². The largest absolute Gasteiger partial charge is 0.276 e. The third-order valence-corrected chi connectivity index (χ3v) is 2.53. The van der Waals surface area contributed by atoms with E-state index < -0.39 is 0 Å². The Bertz CT molecular complexity index is 248. The molecule has 0 N–H and O–H groups in total. The summed E-state index contributed by atoms with van der Waals surface area (Å²) >= 11 is 0. The molecule has 2 heteroatoms. The molecule has 0 spiro atoms. The first-order valence-corrected chi connectivity index (χ1v) is 4.27. The second-order valence-corrected chi connectivity index (χ2v) is 3.54. The number of rotatable bonds is 2. The zero-order chi connectivity index (χ0) is 7.84. The van der Waals surface area contributed by atoms with Gasteiger partial charge < -0.3 is 0 Å². The van der Waals surface area contributed by atoms with E-state index in [2.05, 4.69) is 18.1 Å². The van der Waals surface area contributed by atoms with Crippen LogP contribution >= 0.6 is 0 Å². The van der Waals surface area contributed by atoms with E-state index in [9.17, 15) is 0 Å². The molecule has 1 aliphatic rings. The Kier molecular flexibility index (Phi) is 1.48. The fraction of sp³-hybridized carbons (Fsp3) is 0.667. The minimum Gasteiger partial charge on any atom is -0.276 e. The van der Waals surface area contributed by atoms with Crippen molar-refractivity contribution in [1.82, 2.24) is 9.78 Å². The van der Waals surface area contributed by atoms with E-state index in [-0.39, 0.29) is 0 Å². The summed E-state index contributed by atoms with van der Waals surface area (Å²) in [5.74, 6) is 1.60. The van der Waals surface area contributed by atoms with E-state index in [1.54, 1.807) is 0 Å². The van der Waals surface area contributed by atoms with Crippen LogP contribution in [-0.2, 0) is 7.05 Å². The summed E-state index contributed by atoms with van der Waals surface area (Å²) in [5.41, 5.74) is 1.26. The van der Waals surface area contributed by atoms with Crippen molar-refractivity contribution in [3.05, 3.63) is 18.0 Å². The molecular formula is C9H14N2. The van der Waals surface area contributed by atoms with Crippen molar-refractivity contribution < 1.29 is 0 Å². The van der Waals surface area contributed by atoms with Crippen LogP contribution in [0.5, 0.6) is 0 Å². The van der Waals surface area contributed by atoms with Gasteiger partial charge in [-0.15, -0.1) is 0 Å². The van der Waals surface area contributed by atoms with Gasteiger partial charge in [0.15, 0.2) is 0 Å². The molecule has 1 saturated carbocycles. The van der Waals surface area contributed by atoms with Crippen LogP contribution in [0, 0.1) is 5.92 Å². The van der Waals surface area contributed by atoms with Gasteiger partial charge in [-0.3, -0.25) is 4.68 Å². The maximum Gasteiger partial charge on any atom is 0.0655 e. The zero-order valence-electron chi connectivity index (χ0n) is 7.12. The lowest BCUT2D eigenvalue weighted by atomic mass is 10.0. The molecule has 0 unspecified atom stereocenters. The van der Waals surface area contributed by atoms with Crippen molar-refractivity contribution in [2.75, 3.05) is 0 Å². The Labute approximate surface area is 67.2 Å². The molecule has 2 nitrogen and oxygen atoms in total. The average molecular weight is 150 g/mol. The minimum atomic E-state index is 0.677. The predicted molar refractivity (Wildman–Crippen MR) is 44.3 cm³/mol. The maximum absolute atomic E-state index is 4.39. The molecular weight excluding hydrogens is 136 g/mol. The second kappa shape index (κ2) is 2.36. The number of hydrogen-bond acceptors (Lipinski definition) is 1. The molecule has 0 amide bonds. The van der Waals surface area contributed by atoms with Crippen LogP contribution in [0.25, 0.3) is 0 Å². The molecule has 2 rings (SSSR count). The van der Waals surface area contributed by atoms with E-state index in [4.69, 9.17) is 0 Å². The molecule has 60 valence electrons. The molecule has 1 aliphatic carbocycles. The summed E-state index contributed by atoms with van der Waals surface area (Å²) in [6.07, 6.45) is 4.82. The normalized spacial score (nSPS) is 20.2. The molecule has 11 heavy (non-hydrogen) atoms. The molecule has 1 heterocycles. The van der Waals surface area contributed by atoms with Crippen LogP contribution < -0.4 is 0 Å². The van der Waals surface area contributed by atoms with Gasteiger partial charge in [-0.25, -0.2) is 0 Å². The number of aromatic nitrogens is 2. The topological polar surface area (TPSA) is 17.8 Å².